The molecule has 1 aromatic rings. The highest BCUT2D eigenvalue weighted by Gasteiger charge is 2.39. The molecule has 4 unspecified atom stereocenters. The maximum atomic E-state index is 12.3. The monoisotopic (exact) mass is 413 g/mol. The highest BCUT2D eigenvalue weighted by Crippen LogP contribution is 2.33. The second-order valence-corrected chi connectivity index (χ2v) is 7.95. The quantitative estimate of drug-likeness (QED) is 0.362. The zero-order valence-electron chi connectivity index (χ0n) is 17.9. The first-order valence-corrected chi connectivity index (χ1v) is 11.0. The molecule has 1 aliphatic carbocycles. The van der Waals surface area contributed by atoms with Crippen LogP contribution in [-0.4, -0.2) is 40.7 Å². The largest absolute Gasteiger partial charge is 0.392 e. The SMILES string of the molecule is CCNC(=O)CCC/C=C/CC1C(=O)CC(O)C1/C=C/C(O)CCc1ccccc1. The van der Waals surface area contributed by atoms with E-state index in [2.05, 4.69) is 5.32 Å². The number of nitrogens with one attached hydrogen (secondary N) is 1. The fourth-order valence-corrected chi connectivity index (χ4v) is 3.87. The third-order valence-corrected chi connectivity index (χ3v) is 5.57. The molecule has 0 bridgehead atoms. The van der Waals surface area contributed by atoms with Gasteiger partial charge in [0, 0.05) is 31.2 Å². The van der Waals surface area contributed by atoms with Gasteiger partial charge in [0.05, 0.1) is 12.2 Å². The fourth-order valence-electron chi connectivity index (χ4n) is 3.87. The number of Topliss-reactive ketones (excluding diaryl/α,β-unsaturated/α-hetero) is 1. The summed E-state index contributed by atoms with van der Waals surface area (Å²) in [7, 11) is 0. The molecule has 1 aliphatic rings. The van der Waals surface area contributed by atoms with Gasteiger partial charge in [0.2, 0.25) is 5.91 Å². The Morgan fingerprint density at radius 1 is 1.27 bits per heavy atom. The number of rotatable bonds is 12. The number of benzene rings is 1. The average Bonchev–Trinajstić information content (AvgIpc) is 3.00. The molecule has 0 aromatic heterocycles. The van der Waals surface area contributed by atoms with Crippen LogP contribution in [0, 0.1) is 11.8 Å². The molecule has 0 heterocycles. The summed E-state index contributed by atoms with van der Waals surface area (Å²) in [5.74, 6) is -0.375. The van der Waals surface area contributed by atoms with Gasteiger partial charge in [-0.25, -0.2) is 0 Å². The fraction of sp³-hybridized carbons (Fsp3) is 0.520. The molecule has 2 rings (SSSR count). The highest BCUT2D eigenvalue weighted by atomic mass is 16.3. The number of aliphatic hydroxyl groups excluding tert-OH is 2. The van der Waals surface area contributed by atoms with Gasteiger partial charge in [-0.1, -0.05) is 54.6 Å². The number of hydrogen-bond acceptors (Lipinski definition) is 4. The Kier molecular flexibility index (Phi) is 10.5. The van der Waals surface area contributed by atoms with E-state index in [1.54, 1.807) is 6.08 Å². The van der Waals surface area contributed by atoms with Gasteiger partial charge in [-0.15, -0.1) is 0 Å². The molecule has 5 heteroatoms. The van der Waals surface area contributed by atoms with Gasteiger partial charge in [-0.05, 0) is 44.6 Å². The smallest absolute Gasteiger partial charge is 0.219 e. The summed E-state index contributed by atoms with van der Waals surface area (Å²) in [6, 6.07) is 10.0. The van der Waals surface area contributed by atoms with Crippen molar-refractivity contribution in [2.45, 2.75) is 64.1 Å². The summed E-state index contributed by atoms with van der Waals surface area (Å²) in [4.78, 5) is 23.7. The van der Waals surface area contributed by atoms with Gasteiger partial charge in [0.1, 0.15) is 5.78 Å². The molecular formula is C25H35NO4. The van der Waals surface area contributed by atoms with Gasteiger partial charge >= 0.3 is 0 Å². The van der Waals surface area contributed by atoms with Crippen molar-refractivity contribution in [1.29, 1.82) is 0 Å². The van der Waals surface area contributed by atoms with E-state index in [0.29, 0.717) is 25.8 Å². The number of carbonyl (C=O) groups excluding carboxylic acids is 2. The van der Waals surface area contributed by atoms with E-state index in [1.165, 1.54) is 5.56 Å². The van der Waals surface area contributed by atoms with E-state index in [-0.39, 0.29) is 29.9 Å². The molecule has 5 nitrogen and oxygen atoms in total. The molecule has 1 fully saturated rings. The number of unbranched alkanes of at least 4 members (excludes halogenated alkanes) is 1. The van der Waals surface area contributed by atoms with Gasteiger partial charge in [0.15, 0.2) is 0 Å². The Morgan fingerprint density at radius 2 is 2.03 bits per heavy atom. The lowest BCUT2D eigenvalue weighted by molar-refractivity contribution is -0.121. The van der Waals surface area contributed by atoms with E-state index in [9.17, 15) is 19.8 Å². The standard InChI is InChI=1S/C25H35NO4/c1-2-26-25(30)13-9-4-3-8-12-21-22(24(29)18-23(21)28)17-16-20(27)15-14-19-10-6-5-7-11-19/h3,5-8,10-11,16-17,20-22,24,27,29H,2,4,9,12-15,18H2,1H3,(H,26,30)/b8-3+,17-16+. The zero-order valence-corrected chi connectivity index (χ0v) is 17.9. The number of carbonyl (C=O) groups is 2. The summed E-state index contributed by atoms with van der Waals surface area (Å²) in [6.07, 6.45) is 10.4. The first-order valence-electron chi connectivity index (χ1n) is 11.0. The third-order valence-electron chi connectivity index (χ3n) is 5.57. The molecule has 0 saturated heterocycles. The van der Waals surface area contributed by atoms with Gasteiger partial charge in [-0.3, -0.25) is 9.59 Å². The van der Waals surface area contributed by atoms with Crippen LogP contribution in [0.25, 0.3) is 0 Å². The normalized spacial score (nSPS) is 22.8. The summed E-state index contributed by atoms with van der Waals surface area (Å²) >= 11 is 0. The number of hydrogen-bond donors (Lipinski definition) is 3. The molecule has 1 amide bonds. The van der Waals surface area contributed by atoms with Crippen LogP contribution in [0.3, 0.4) is 0 Å². The molecule has 30 heavy (non-hydrogen) atoms. The number of amides is 1. The third kappa shape index (κ3) is 8.25. The van der Waals surface area contributed by atoms with Crippen molar-refractivity contribution in [2.75, 3.05) is 6.54 Å². The second kappa shape index (κ2) is 13.1. The Hall–Kier alpha value is -2.24. The van der Waals surface area contributed by atoms with Crippen molar-refractivity contribution in [1.82, 2.24) is 5.32 Å². The average molecular weight is 414 g/mol. The van der Waals surface area contributed by atoms with Crippen LogP contribution in [0.4, 0.5) is 0 Å². The number of allylic oxidation sites excluding steroid dienone is 2. The maximum absolute atomic E-state index is 12.3. The Morgan fingerprint density at radius 3 is 2.77 bits per heavy atom. The summed E-state index contributed by atoms with van der Waals surface area (Å²) in [5, 5.41) is 23.3. The van der Waals surface area contributed by atoms with Crippen molar-refractivity contribution >= 4 is 11.7 Å². The predicted octanol–water partition coefficient (Wildman–Crippen LogP) is 3.36. The molecular weight excluding hydrogens is 378 g/mol. The lowest BCUT2D eigenvalue weighted by Gasteiger charge is -2.16. The van der Waals surface area contributed by atoms with Crippen LogP contribution in [0.2, 0.25) is 0 Å². The van der Waals surface area contributed by atoms with Crippen LogP contribution >= 0.6 is 0 Å². The molecule has 3 N–H and O–H groups in total. The van der Waals surface area contributed by atoms with E-state index in [4.69, 9.17) is 0 Å². The molecule has 4 atom stereocenters. The summed E-state index contributed by atoms with van der Waals surface area (Å²) < 4.78 is 0. The first kappa shape index (κ1) is 24.0. The van der Waals surface area contributed by atoms with Crippen molar-refractivity contribution in [3.05, 3.63) is 60.2 Å². The second-order valence-electron chi connectivity index (χ2n) is 7.95. The number of aliphatic hydroxyl groups is 2. The first-order chi connectivity index (χ1) is 14.5. The summed E-state index contributed by atoms with van der Waals surface area (Å²) in [6.45, 7) is 2.55. The molecule has 0 radical (unpaired) electrons. The van der Waals surface area contributed by atoms with Gasteiger partial charge in [-0.2, -0.15) is 0 Å². The van der Waals surface area contributed by atoms with Gasteiger partial charge < -0.3 is 15.5 Å². The summed E-state index contributed by atoms with van der Waals surface area (Å²) in [5.41, 5.74) is 1.18. The molecule has 1 saturated carbocycles. The zero-order chi connectivity index (χ0) is 21.8. The maximum Gasteiger partial charge on any atom is 0.219 e. The minimum atomic E-state index is -0.689. The van der Waals surface area contributed by atoms with E-state index < -0.39 is 12.2 Å². The van der Waals surface area contributed by atoms with Crippen molar-refractivity contribution in [3.8, 4) is 0 Å². The minimum absolute atomic E-state index is 0.0658. The molecule has 0 aliphatic heterocycles. The molecule has 1 aromatic carbocycles. The molecule has 0 spiro atoms. The Bertz CT molecular complexity index is 713. The Balaban J connectivity index is 1.78. The number of aryl methyl sites for hydroxylation is 1. The predicted molar refractivity (Wildman–Crippen MR) is 119 cm³/mol. The van der Waals surface area contributed by atoms with Crippen molar-refractivity contribution < 1.29 is 19.8 Å². The van der Waals surface area contributed by atoms with Crippen molar-refractivity contribution in [3.63, 3.8) is 0 Å². The number of ketones is 1. The van der Waals surface area contributed by atoms with E-state index in [1.807, 2.05) is 55.5 Å². The van der Waals surface area contributed by atoms with Crippen LogP contribution in [0.5, 0.6) is 0 Å². The van der Waals surface area contributed by atoms with Crippen molar-refractivity contribution in [2.24, 2.45) is 11.8 Å². The van der Waals surface area contributed by atoms with E-state index >= 15 is 0 Å². The van der Waals surface area contributed by atoms with Crippen LogP contribution in [0.15, 0.2) is 54.6 Å². The van der Waals surface area contributed by atoms with E-state index in [0.717, 1.165) is 19.3 Å². The van der Waals surface area contributed by atoms with Crippen LogP contribution in [-0.2, 0) is 16.0 Å². The minimum Gasteiger partial charge on any atom is -0.392 e. The van der Waals surface area contributed by atoms with Gasteiger partial charge in [0.25, 0.3) is 0 Å². The lowest BCUT2D eigenvalue weighted by atomic mass is 9.90. The van der Waals surface area contributed by atoms with Crippen LogP contribution < -0.4 is 5.32 Å². The highest BCUT2D eigenvalue weighted by molar-refractivity contribution is 5.84. The topological polar surface area (TPSA) is 86.6 Å². The Labute approximate surface area is 179 Å². The molecule has 164 valence electrons. The lowest BCUT2D eigenvalue weighted by Crippen LogP contribution is -2.21. The van der Waals surface area contributed by atoms with Crippen LogP contribution in [0.1, 0.15) is 51.0 Å².